The van der Waals surface area contributed by atoms with E-state index >= 15 is 0 Å². The third-order valence-electron chi connectivity index (χ3n) is 2.72. The predicted octanol–water partition coefficient (Wildman–Crippen LogP) is 2.58. The van der Waals surface area contributed by atoms with Crippen LogP contribution in [0.1, 0.15) is 29.6 Å². The molecule has 100 valence electrons. The predicted molar refractivity (Wildman–Crippen MR) is 71.3 cm³/mol. The van der Waals surface area contributed by atoms with Crippen molar-refractivity contribution in [1.82, 2.24) is 4.90 Å². The Balaban J connectivity index is 2.60. The minimum atomic E-state index is -0.366. The van der Waals surface area contributed by atoms with E-state index in [1.165, 1.54) is 23.1 Å². The maximum Gasteiger partial charge on any atom is 0.257 e. The molecular formula is C13H18ClNO3. The monoisotopic (exact) mass is 271 g/mol. The zero-order valence-corrected chi connectivity index (χ0v) is 11.2. The Morgan fingerprint density at radius 3 is 2.67 bits per heavy atom. The standard InChI is InChI=1S/C13H18ClNO3/c1-15(9-4-2-3-8-14)13(18)10-6-5-7-11(16)12(10)17/h5-7,16-17H,2-4,8-9H2,1H3. The highest BCUT2D eigenvalue weighted by Gasteiger charge is 2.17. The summed E-state index contributed by atoms with van der Waals surface area (Å²) in [5.74, 6) is -0.314. The van der Waals surface area contributed by atoms with Crippen LogP contribution in [0.2, 0.25) is 0 Å². The summed E-state index contributed by atoms with van der Waals surface area (Å²) in [5.41, 5.74) is 0.120. The number of halogens is 1. The lowest BCUT2D eigenvalue weighted by Crippen LogP contribution is -2.27. The van der Waals surface area contributed by atoms with Crippen molar-refractivity contribution in [3.63, 3.8) is 0 Å². The van der Waals surface area contributed by atoms with E-state index in [4.69, 9.17) is 11.6 Å². The number of benzene rings is 1. The smallest absolute Gasteiger partial charge is 0.257 e. The molecule has 0 bridgehead atoms. The fraction of sp³-hybridized carbons (Fsp3) is 0.462. The summed E-state index contributed by atoms with van der Waals surface area (Å²) in [6.07, 6.45) is 2.77. The molecule has 18 heavy (non-hydrogen) atoms. The van der Waals surface area contributed by atoms with Crippen molar-refractivity contribution in [2.45, 2.75) is 19.3 Å². The second-order valence-electron chi connectivity index (χ2n) is 4.15. The lowest BCUT2D eigenvalue weighted by atomic mass is 10.1. The lowest BCUT2D eigenvalue weighted by molar-refractivity contribution is 0.0789. The van der Waals surface area contributed by atoms with Crippen LogP contribution in [0.3, 0.4) is 0 Å². The Kier molecular flexibility index (Phi) is 5.78. The Morgan fingerprint density at radius 2 is 2.00 bits per heavy atom. The van der Waals surface area contributed by atoms with E-state index in [0.717, 1.165) is 19.3 Å². The van der Waals surface area contributed by atoms with Crippen LogP contribution in [0.25, 0.3) is 0 Å². The maximum absolute atomic E-state index is 12.0. The van der Waals surface area contributed by atoms with Gasteiger partial charge in [0.25, 0.3) is 5.91 Å². The number of nitrogens with zero attached hydrogens (tertiary/aromatic N) is 1. The highest BCUT2D eigenvalue weighted by atomic mass is 35.5. The molecule has 1 aromatic carbocycles. The number of hydrogen-bond donors (Lipinski definition) is 2. The molecule has 1 aromatic rings. The molecule has 0 aliphatic rings. The molecule has 0 saturated carbocycles. The van der Waals surface area contributed by atoms with Gasteiger partial charge in [0.2, 0.25) is 0 Å². The third kappa shape index (κ3) is 3.81. The fourth-order valence-electron chi connectivity index (χ4n) is 1.63. The van der Waals surface area contributed by atoms with E-state index in [0.29, 0.717) is 12.4 Å². The number of phenolic OH excluding ortho intramolecular Hbond substituents is 2. The molecule has 0 atom stereocenters. The van der Waals surface area contributed by atoms with Gasteiger partial charge in [0.15, 0.2) is 11.5 Å². The summed E-state index contributed by atoms with van der Waals surface area (Å²) in [4.78, 5) is 13.5. The molecule has 0 unspecified atom stereocenters. The van der Waals surface area contributed by atoms with Crippen LogP contribution in [0, 0.1) is 0 Å². The van der Waals surface area contributed by atoms with Crippen molar-refractivity contribution in [2.75, 3.05) is 19.5 Å². The van der Waals surface area contributed by atoms with Crippen molar-refractivity contribution in [2.24, 2.45) is 0 Å². The normalized spacial score (nSPS) is 10.3. The number of rotatable bonds is 6. The van der Waals surface area contributed by atoms with Crippen LogP contribution in [0.5, 0.6) is 11.5 Å². The number of aromatic hydroxyl groups is 2. The number of para-hydroxylation sites is 1. The fourth-order valence-corrected chi connectivity index (χ4v) is 1.82. The van der Waals surface area contributed by atoms with E-state index < -0.39 is 0 Å². The molecule has 0 aliphatic heterocycles. The molecule has 0 radical (unpaired) electrons. The van der Waals surface area contributed by atoms with Crippen molar-refractivity contribution in [1.29, 1.82) is 0 Å². The zero-order chi connectivity index (χ0) is 13.5. The van der Waals surface area contributed by atoms with Gasteiger partial charge in [-0.25, -0.2) is 0 Å². The van der Waals surface area contributed by atoms with E-state index in [-0.39, 0.29) is 23.0 Å². The molecule has 5 heteroatoms. The first-order chi connectivity index (χ1) is 8.57. The van der Waals surface area contributed by atoms with Gasteiger partial charge in [-0.3, -0.25) is 4.79 Å². The molecule has 1 rings (SSSR count). The Morgan fingerprint density at radius 1 is 1.28 bits per heavy atom. The molecule has 0 saturated heterocycles. The summed E-state index contributed by atoms with van der Waals surface area (Å²) < 4.78 is 0. The first-order valence-corrected chi connectivity index (χ1v) is 6.43. The van der Waals surface area contributed by atoms with Gasteiger partial charge < -0.3 is 15.1 Å². The average Bonchev–Trinajstić information content (AvgIpc) is 2.37. The summed E-state index contributed by atoms with van der Waals surface area (Å²) in [6.45, 7) is 0.602. The van der Waals surface area contributed by atoms with Gasteiger partial charge in [-0.05, 0) is 25.0 Å². The summed E-state index contributed by atoms with van der Waals surface area (Å²) >= 11 is 5.57. The molecule has 0 fully saturated rings. The van der Waals surface area contributed by atoms with Crippen molar-refractivity contribution < 1.29 is 15.0 Å². The minimum absolute atomic E-state index is 0.120. The molecule has 0 aliphatic carbocycles. The Labute approximate surface area is 112 Å². The molecule has 0 aromatic heterocycles. The first-order valence-electron chi connectivity index (χ1n) is 5.90. The molecular weight excluding hydrogens is 254 g/mol. The number of phenols is 2. The Hall–Kier alpha value is -1.42. The van der Waals surface area contributed by atoms with Crippen LogP contribution in [-0.2, 0) is 0 Å². The van der Waals surface area contributed by atoms with Gasteiger partial charge in [-0.2, -0.15) is 0 Å². The van der Waals surface area contributed by atoms with E-state index in [1.54, 1.807) is 7.05 Å². The maximum atomic E-state index is 12.0. The largest absolute Gasteiger partial charge is 0.504 e. The van der Waals surface area contributed by atoms with Crippen LogP contribution in [0.4, 0.5) is 0 Å². The second kappa shape index (κ2) is 7.11. The van der Waals surface area contributed by atoms with E-state index in [2.05, 4.69) is 0 Å². The van der Waals surface area contributed by atoms with Gasteiger partial charge in [-0.15, -0.1) is 11.6 Å². The Bertz CT molecular complexity index is 409. The van der Waals surface area contributed by atoms with E-state index in [1.807, 2.05) is 0 Å². The number of amides is 1. The van der Waals surface area contributed by atoms with E-state index in [9.17, 15) is 15.0 Å². The molecule has 0 heterocycles. The SMILES string of the molecule is CN(CCCCCCl)C(=O)c1cccc(O)c1O. The first kappa shape index (κ1) is 14.6. The van der Waals surface area contributed by atoms with Crippen molar-refractivity contribution in [3.8, 4) is 11.5 Å². The van der Waals surface area contributed by atoms with Crippen molar-refractivity contribution >= 4 is 17.5 Å². The van der Waals surface area contributed by atoms with Gasteiger partial charge in [0.1, 0.15) is 0 Å². The lowest BCUT2D eigenvalue weighted by Gasteiger charge is -2.17. The highest BCUT2D eigenvalue weighted by molar-refractivity contribution is 6.17. The molecule has 0 spiro atoms. The van der Waals surface area contributed by atoms with Crippen LogP contribution in [0.15, 0.2) is 18.2 Å². The quantitative estimate of drug-likeness (QED) is 0.475. The summed E-state index contributed by atoms with van der Waals surface area (Å²) in [7, 11) is 1.67. The summed E-state index contributed by atoms with van der Waals surface area (Å²) in [6, 6.07) is 4.36. The van der Waals surface area contributed by atoms with Crippen LogP contribution in [-0.4, -0.2) is 40.5 Å². The van der Waals surface area contributed by atoms with Gasteiger partial charge >= 0.3 is 0 Å². The zero-order valence-electron chi connectivity index (χ0n) is 10.4. The minimum Gasteiger partial charge on any atom is -0.504 e. The van der Waals surface area contributed by atoms with Gasteiger partial charge in [0.05, 0.1) is 5.56 Å². The van der Waals surface area contributed by atoms with Gasteiger partial charge in [0, 0.05) is 19.5 Å². The molecule has 4 nitrogen and oxygen atoms in total. The topological polar surface area (TPSA) is 60.8 Å². The highest BCUT2D eigenvalue weighted by Crippen LogP contribution is 2.28. The van der Waals surface area contributed by atoms with Crippen LogP contribution >= 0.6 is 11.6 Å². The number of alkyl halides is 1. The number of carbonyl (C=O) groups is 1. The number of unbranched alkanes of at least 4 members (excludes halogenated alkanes) is 2. The number of carbonyl (C=O) groups excluding carboxylic acids is 1. The molecule has 2 N–H and O–H groups in total. The average molecular weight is 272 g/mol. The second-order valence-corrected chi connectivity index (χ2v) is 4.53. The summed E-state index contributed by atoms with van der Waals surface area (Å²) in [5, 5.41) is 19.0. The van der Waals surface area contributed by atoms with Crippen molar-refractivity contribution in [3.05, 3.63) is 23.8 Å². The third-order valence-corrected chi connectivity index (χ3v) is 2.99. The number of hydrogen-bond acceptors (Lipinski definition) is 3. The van der Waals surface area contributed by atoms with Gasteiger partial charge in [-0.1, -0.05) is 12.5 Å². The van der Waals surface area contributed by atoms with Crippen LogP contribution < -0.4 is 0 Å². The molecule has 1 amide bonds.